The summed E-state index contributed by atoms with van der Waals surface area (Å²) in [5, 5.41) is 2.91. The monoisotopic (exact) mass is 277 g/mol. The third-order valence-corrected chi connectivity index (χ3v) is 3.89. The molecule has 6 heteroatoms. The number of ether oxygens (including phenoxy) is 2. The maximum atomic E-state index is 12.3. The van der Waals surface area contributed by atoms with Crippen LogP contribution in [-0.4, -0.2) is 37.7 Å². The fourth-order valence-corrected chi connectivity index (χ4v) is 2.57. The van der Waals surface area contributed by atoms with Gasteiger partial charge in [0.2, 0.25) is 12.7 Å². The summed E-state index contributed by atoms with van der Waals surface area (Å²) in [4.78, 5) is 14.5. The summed E-state index contributed by atoms with van der Waals surface area (Å²) >= 11 is 0. The largest absolute Gasteiger partial charge is 0.454 e. The van der Waals surface area contributed by atoms with E-state index in [9.17, 15) is 4.79 Å². The van der Waals surface area contributed by atoms with E-state index in [-0.39, 0.29) is 18.6 Å². The van der Waals surface area contributed by atoms with E-state index in [0.29, 0.717) is 22.9 Å². The van der Waals surface area contributed by atoms with Crippen LogP contribution in [0.1, 0.15) is 12.8 Å². The predicted molar refractivity (Wildman–Crippen MR) is 75.8 cm³/mol. The van der Waals surface area contributed by atoms with Gasteiger partial charge in [-0.25, -0.2) is 0 Å². The number of piperidine rings is 1. The second kappa shape index (κ2) is 5.20. The maximum absolute atomic E-state index is 12.3. The number of hydrogen-bond acceptors (Lipinski definition) is 5. The molecule has 1 aromatic rings. The van der Waals surface area contributed by atoms with E-state index in [1.807, 2.05) is 0 Å². The Morgan fingerprint density at radius 1 is 1.30 bits per heavy atom. The van der Waals surface area contributed by atoms with Gasteiger partial charge in [0, 0.05) is 18.1 Å². The number of nitrogens with one attached hydrogen (secondary N) is 1. The summed E-state index contributed by atoms with van der Waals surface area (Å²) in [6.45, 7) is 2.10. The zero-order valence-electron chi connectivity index (χ0n) is 11.5. The van der Waals surface area contributed by atoms with Crippen LogP contribution in [0.5, 0.6) is 11.5 Å². The van der Waals surface area contributed by atoms with E-state index < -0.39 is 0 Å². The topological polar surface area (TPSA) is 76.8 Å². The van der Waals surface area contributed by atoms with E-state index >= 15 is 0 Å². The van der Waals surface area contributed by atoms with Crippen molar-refractivity contribution in [3.8, 4) is 11.5 Å². The lowest BCUT2D eigenvalue weighted by molar-refractivity contribution is -0.121. The minimum absolute atomic E-state index is 0.0312. The normalized spacial score (nSPS) is 19.1. The van der Waals surface area contributed by atoms with Crippen molar-refractivity contribution in [2.24, 2.45) is 5.92 Å². The van der Waals surface area contributed by atoms with Crippen LogP contribution >= 0.6 is 0 Å². The molecule has 1 fully saturated rings. The Labute approximate surface area is 117 Å². The molecule has 108 valence electrons. The Morgan fingerprint density at radius 3 is 2.65 bits per heavy atom. The number of benzene rings is 1. The summed E-state index contributed by atoms with van der Waals surface area (Å²) in [6.07, 6.45) is 1.76. The maximum Gasteiger partial charge on any atom is 0.231 e. The van der Waals surface area contributed by atoms with Gasteiger partial charge in [-0.2, -0.15) is 0 Å². The van der Waals surface area contributed by atoms with Crippen molar-refractivity contribution in [2.45, 2.75) is 12.8 Å². The molecule has 0 aromatic heterocycles. The predicted octanol–water partition coefficient (Wildman–Crippen LogP) is 1.28. The Morgan fingerprint density at radius 2 is 1.95 bits per heavy atom. The lowest BCUT2D eigenvalue weighted by Crippen LogP contribution is -2.36. The number of hydrogen-bond donors (Lipinski definition) is 2. The number of anilines is 2. The molecule has 2 aliphatic rings. The second-order valence-electron chi connectivity index (χ2n) is 5.36. The van der Waals surface area contributed by atoms with Gasteiger partial charge in [-0.05, 0) is 33.0 Å². The highest BCUT2D eigenvalue weighted by atomic mass is 16.7. The minimum atomic E-state index is 0.0312. The number of carbonyl (C=O) groups excluding carboxylic acids is 1. The van der Waals surface area contributed by atoms with E-state index in [4.69, 9.17) is 15.2 Å². The molecule has 0 saturated carbocycles. The molecule has 2 aliphatic heterocycles. The Bertz CT molecular complexity index is 525. The van der Waals surface area contributed by atoms with Gasteiger partial charge in [-0.15, -0.1) is 0 Å². The molecular formula is C14H19N3O3. The van der Waals surface area contributed by atoms with Gasteiger partial charge in [-0.3, -0.25) is 4.79 Å². The van der Waals surface area contributed by atoms with E-state index in [1.54, 1.807) is 12.1 Å². The van der Waals surface area contributed by atoms with Gasteiger partial charge in [0.05, 0.1) is 11.4 Å². The average molecular weight is 277 g/mol. The average Bonchev–Trinajstić information content (AvgIpc) is 2.87. The number of nitrogens with two attached hydrogens (primary N) is 1. The van der Waals surface area contributed by atoms with E-state index in [1.165, 1.54) is 0 Å². The molecule has 6 nitrogen and oxygen atoms in total. The number of nitrogens with zero attached hydrogens (tertiary/aromatic N) is 1. The summed E-state index contributed by atoms with van der Waals surface area (Å²) in [6, 6.07) is 3.41. The second-order valence-corrected chi connectivity index (χ2v) is 5.36. The van der Waals surface area contributed by atoms with Crippen LogP contribution in [-0.2, 0) is 4.79 Å². The highest BCUT2D eigenvalue weighted by Gasteiger charge is 2.24. The van der Waals surface area contributed by atoms with Crippen molar-refractivity contribution >= 4 is 17.3 Å². The first-order valence-corrected chi connectivity index (χ1v) is 6.82. The van der Waals surface area contributed by atoms with Crippen LogP contribution in [0, 0.1) is 5.92 Å². The smallest absolute Gasteiger partial charge is 0.231 e. The molecule has 20 heavy (non-hydrogen) atoms. The summed E-state index contributed by atoms with van der Waals surface area (Å²) in [7, 11) is 2.07. The molecule has 0 radical (unpaired) electrons. The fourth-order valence-electron chi connectivity index (χ4n) is 2.57. The first-order chi connectivity index (χ1) is 9.63. The fraction of sp³-hybridized carbons (Fsp3) is 0.500. The SMILES string of the molecule is CN1CCC(C(=O)Nc2cc3c(cc2N)OCO3)CC1. The van der Waals surface area contributed by atoms with Crippen molar-refractivity contribution in [3.63, 3.8) is 0 Å². The summed E-state index contributed by atoms with van der Waals surface area (Å²) < 4.78 is 10.5. The summed E-state index contributed by atoms with van der Waals surface area (Å²) in [5.74, 6) is 1.33. The number of carbonyl (C=O) groups is 1. The zero-order valence-corrected chi connectivity index (χ0v) is 11.5. The lowest BCUT2D eigenvalue weighted by Gasteiger charge is -2.28. The van der Waals surface area contributed by atoms with E-state index in [0.717, 1.165) is 25.9 Å². The number of fused-ring (bicyclic) bond motifs is 1. The molecule has 1 amide bonds. The zero-order chi connectivity index (χ0) is 14.1. The summed E-state index contributed by atoms with van der Waals surface area (Å²) in [5.41, 5.74) is 7.03. The van der Waals surface area contributed by atoms with Crippen molar-refractivity contribution in [3.05, 3.63) is 12.1 Å². The quantitative estimate of drug-likeness (QED) is 0.796. The van der Waals surface area contributed by atoms with Crippen LogP contribution in [0.15, 0.2) is 12.1 Å². The van der Waals surface area contributed by atoms with Crippen molar-refractivity contribution in [1.29, 1.82) is 0 Å². The molecule has 1 aromatic carbocycles. The standard InChI is InChI=1S/C14H19N3O3/c1-17-4-2-9(3-5-17)14(18)16-11-7-13-12(6-10(11)15)19-8-20-13/h6-7,9H,2-5,8,15H2,1H3,(H,16,18). The van der Waals surface area contributed by atoms with Crippen LogP contribution in [0.3, 0.4) is 0 Å². The van der Waals surface area contributed by atoms with Gasteiger partial charge >= 0.3 is 0 Å². The molecule has 1 saturated heterocycles. The molecular weight excluding hydrogens is 258 g/mol. The molecule has 3 N–H and O–H groups in total. The van der Waals surface area contributed by atoms with Gasteiger partial charge in [0.15, 0.2) is 11.5 Å². The van der Waals surface area contributed by atoms with Gasteiger partial charge in [0.25, 0.3) is 0 Å². The minimum Gasteiger partial charge on any atom is -0.454 e. The third kappa shape index (κ3) is 2.51. The van der Waals surface area contributed by atoms with Crippen LogP contribution in [0.25, 0.3) is 0 Å². The van der Waals surface area contributed by atoms with Gasteiger partial charge in [-0.1, -0.05) is 0 Å². The molecule has 2 heterocycles. The van der Waals surface area contributed by atoms with Crippen LogP contribution < -0.4 is 20.5 Å². The Kier molecular flexibility index (Phi) is 3.40. The van der Waals surface area contributed by atoms with Gasteiger partial charge in [0.1, 0.15) is 0 Å². The number of amides is 1. The number of nitrogen functional groups attached to an aromatic ring is 1. The van der Waals surface area contributed by atoms with Crippen LogP contribution in [0.4, 0.5) is 11.4 Å². The molecule has 0 unspecified atom stereocenters. The van der Waals surface area contributed by atoms with Crippen molar-refractivity contribution < 1.29 is 14.3 Å². The molecule has 0 spiro atoms. The van der Waals surface area contributed by atoms with Crippen LogP contribution in [0.2, 0.25) is 0 Å². The highest BCUT2D eigenvalue weighted by molar-refractivity contribution is 5.96. The van der Waals surface area contributed by atoms with E-state index in [2.05, 4.69) is 17.3 Å². The number of rotatable bonds is 2. The first-order valence-electron chi connectivity index (χ1n) is 6.82. The molecule has 3 rings (SSSR count). The molecule has 0 atom stereocenters. The first kappa shape index (κ1) is 13.1. The number of likely N-dealkylation sites (tertiary alicyclic amines) is 1. The molecule has 0 bridgehead atoms. The van der Waals surface area contributed by atoms with Crippen molar-refractivity contribution in [2.75, 3.05) is 38.0 Å². The third-order valence-electron chi connectivity index (χ3n) is 3.89. The van der Waals surface area contributed by atoms with Crippen molar-refractivity contribution in [1.82, 2.24) is 4.90 Å². The Balaban J connectivity index is 1.70. The molecule has 0 aliphatic carbocycles. The van der Waals surface area contributed by atoms with Gasteiger partial charge < -0.3 is 25.4 Å². The highest BCUT2D eigenvalue weighted by Crippen LogP contribution is 2.38. The lowest BCUT2D eigenvalue weighted by atomic mass is 9.96. The Hall–Kier alpha value is -1.95.